The Labute approximate surface area is 146 Å². The van der Waals surface area contributed by atoms with Gasteiger partial charge in [0.15, 0.2) is 5.84 Å². The number of amidine groups is 1. The third-order valence-electron chi connectivity index (χ3n) is 4.28. The average Bonchev–Trinajstić information content (AvgIpc) is 2.58. The Hall–Kier alpha value is -1.79. The molecule has 24 heavy (non-hydrogen) atoms. The zero-order valence-electron chi connectivity index (χ0n) is 15.7. The normalized spacial score (nSPS) is 11.8. The Morgan fingerprint density at radius 3 is 2.42 bits per heavy atom. The van der Waals surface area contributed by atoms with Crippen LogP contribution in [-0.2, 0) is 0 Å². The van der Waals surface area contributed by atoms with Crippen molar-refractivity contribution in [3.8, 4) is 0 Å². The summed E-state index contributed by atoms with van der Waals surface area (Å²) in [4.78, 5) is 2.32. The van der Waals surface area contributed by atoms with E-state index in [0.717, 1.165) is 37.4 Å². The molecule has 1 aromatic rings. The summed E-state index contributed by atoms with van der Waals surface area (Å²) < 4.78 is 0. The van der Waals surface area contributed by atoms with Crippen LogP contribution in [0.2, 0.25) is 0 Å². The van der Waals surface area contributed by atoms with Crippen LogP contribution in [0.3, 0.4) is 0 Å². The summed E-state index contributed by atoms with van der Waals surface area (Å²) in [7, 11) is 0. The molecule has 0 saturated heterocycles. The average molecular weight is 335 g/mol. The summed E-state index contributed by atoms with van der Waals surface area (Å²) in [6, 6.07) is 6.17. The second kappa shape index (κ2) is 10.9. The largest absolute Gasteiger partial charge is 0.385 e. The molecule has 0 fully saturated rings. The Morgan fingerprint density at radius 1 is 1.17 bits per heavy atom. The molecular weight excluding hydrogens is 300 g/mol. The number of likely N-dealkylation sites (N-methyl/N-ethyl adjacent to an activating group) is 1. The highest BCUT2D eigenvalue weighted by Gasteiger charge is 2.12. The van der Waals surface area contributed by atoms with Crippen molar-refractivity contribution in [2.45, 2.75) is 40.5 Å². The number of hydrazine groups is 1. The van der Waals surface area contributed by atoms with Gasteiger partial charge in [-0.1, -0.05) is 27.2 Å². The molecule has 6 nitrogen and oxygen atoms in total. The molecule has 0 heterocycles. The van der Waals surface area contributed by atoms with E-state index in [1.165, 1.54) is 18.4 Å². The monoisotopic (exact) mass is 334 g/mol. The maximum Gasteiger partial charge on any atom is 0.169 e. The molecule has 0 spiro atoms. The van der Waals surface area contributed by atoms with Crippen molar-refractivity contribution in [3.05, 3.63) is 29.3 Å². The Bertz CT molecular complexity index is 510. The van der Waals surface area contributed by atoms with Gasteiger partial charge in [-0.05, 0) is 50.2 Å². The van der Waals surface area contributed by atoms with Gasteiger partial charge >= 0.3 is 0 Å². The molecule has 0 aliphatic heterocycles. The molecular formula is C18H34N6. The van der Waals surface area contributed by atoms with Crippen LogP contribution in [0.4, 0.5) is 5.69 Å². The van der Waals surface area contributed by atoms with E-state index in [0.29, 0.717) is 12.4 Å². The molecule has 1 aromatic carbocycles. The summed E-state index contributed by atoms with van der Waals surface area (Å²) in [5, 5.41) is 9.01. The number of nitrogens with one attached hydrogen (secondary N) is 1. The van der Waals surface area contributed by atoms with Gasteiger partial charge < -0.3 is 16.1 Å². The summed E-state index contributed by atoms with van der Waals surface area (Å²) >= 11 is 0. The van der Waals surface area contributed by atoms with Crippen LogP contribution >= 0.6 is 0 Å². The number of aryl methyl sites for hydroxylation is 1. The lowest BCUT2D eigenvalue weighted by Crippen LogP contribution is -2.44. The van der Waals surface area contributed by atoms with Crippen molar-refractivity contribution >= 4 is 11.5 Å². The second-order valence-electron chi connectivity index (χ2n) is 5.98. The highest BCUT2D eigenvalue weighted by molar-refractivity contribution is 5.98. The van der Waals surface area contributed by atoms with Gasteiger partial charge in [0.05, 0.1) is 0 Å². The van der Waals surface area contributed by atoms with Crippen LogP contribution in [0, 0.1) is 6.92 Å². The van der Waals surface area contributed by atoms with Gasteiger partial charge in [0.1, 0.15) is 0 Å². The van der Waals surface area contributed by atoms with Crippen molar-refractivity contribution < 1.29 is 0 Å². The molecule has 0 radical (unpaired) electrons. The predicted octanol–water partition coefficient (Wildman–Crippen LogP) is 2.34. The molecule has 6 heteroatoms. The molecule has 0 atom stereocenters. The number of hydrogen-bond donors (Lipinski definition) is 3. The number of benzene rings is 1. The predicted molar refractivity (Wildman–Crippen MR) is 104 cm³/mol. The SMILES string of the molecule is CCCCNc1ccc(/C(=N/N)N(N)CCN(CC)CC)cc1C. The minimum Gasteiger partial charge on any atom is -0.385 e. The summed E-state index contributed by atoms with van der Waals surface area (Å²) in [5.74, 6) is 12.4. The quantitative estimate of drug-likeness (QED) is 0.201. The smallest absolute Gasteiger partial charge is 0.169 e. The standard InChI is InChI=1S/C18H34N6/c1-5-8-11-21-17-10-9-16(14-15(17)4)18(22-19)24(20)13-12-23(6-2)7-3/h9-10,14,21H,5-8,11-13,19-20H2,1-4H3/b22-18-. The number of nitrogens with two attached hydrogens (primary N) is 2. The van der Waals surface area contributed by atoms with E-state index in [1.807, 2.05) is 6.07 Å². The van der Waals surface area contributed by atoms with Crippen molar-refractivity contribution in [2.24, 2.45) is 16.8 Å². The van der Waals surface area contributed by atoms with Crippen molar-refractivity contribution in [2.75, 3.05) is 38.0 Å². The fourth-order valence-electron chi connectivity index (χ4n) is 2.61. The van der Waals surface area contributed by atoms with Crippen molar-refractivity contribution in [1.82, 2.24) is 9.91 Å². The van der Waals surface area contributed by atoms with E-state index in [-0.39, 0.29) is 0 Å². The highest BCUT2D eigenvalue weighted by Crippen LogP contribution is 2.17. The van der Waals surface area contributed by atoms with Crippen LogP contribution in [0.15, 0.2) is 23.3 Å². The van der Waals surface area contributed by atoms with E-state index >= 15 is 0 Å². The van der Waals surface area contributed by atoms with Crippen molar-refractivity contribution in [3.63, 3.8) is 0 Å². The fourth-order valence-corrected chi connectivity index (χ4v) is 2.61. The van der Waals surface area contributed by atoms with Gasteiger partial charge in [-0.15, -0.1) is 0 Å². The topological polar surface area (TPSA) is 82.9 Å². The molecule has 136 valence electrons. The van der Waals surface area contributed by atoms with E-state index in [1.54, 1.807) is 5.01 Å². The van der Waals surface area contributed by atoms with Crippen molar-refractivity contribution in [1.29, 1.82) is 0 Å². The van der Waals surface area contributed by atoms with Crippen LogP contribution < -0.4 is 17.0 Å². The molecule has 0 saturated carbocycles. The van der Waals surface area contributed by atoms with Crippen LogP contribution in [0.1, 0.15) is 44.7 Å². The van der Waals surface area contributed by atoms with Gasteiger partial charge in [0.25, 0.3) is 0 Å². The molecule has 1 rings (SSSR count). The summed E-state index contributed by atoms with van der Waals surface area (Å²) in [6.07, 6.45) is 2.35. The van der Waals surface area contributed by atoms with E-state index in [2.05, 4.69) is 55.1 Å². The van der Waals surface area contributed by atoms with Crippen LogP contribution in [0.5, 0.6) is 0 Å². The fraction of sp³-hybridized carbons (Fsp3) is 0.611. The first kappa shape index (κ1) is 20.3. The third-order valence-corrected chi connectivity index (χ3v) is 4.28. The lowest BCUT2D eigenvalue weighted by molar-refractivity contribution is 0.269. The maximum absolute atomic E-state index is 6.18. The lowest BCUT2D eigenvalue weighted by Gasteiger charge is -2.25. The first-order chi connectivity index (χ1) is 11.6. The van der Waals surface area contributed by atoms with Gasteiger partial charge in [0.2, 0.25) is 0 Å². The van der Waals surface area contributed by atoms with Crippen LogP contribution in [0.25, 0.3) is 0 Å². The zero-order chi connectivity index (χ0) is 17.9. The molecule has 0 amide bonds. The molecule has 5 N–H and O–H groups in total. The molecule has 0 unspecified atom stereocenters. The van der Waals surface area contributed by atoms with Gasteiger partial charge in [0, 0.05) is 30.9 Å². The maximum atomic E-state index is 6.18. The first-order valence-corrected chi connectivity index (χ1v) is 8.94. The van der Waals surface area contributed by atoms with Gasteiger partial charge in [-0.25, -0.2) is 5.84 Å². The number of rotatable bonds is 10. The molecule has 0 aromatic heterocycles. The van der Waals surface area contributed by atoms with E-state index in [4.69, 9.17) is 11.7 Å². The van der Waals surface area contributed by atoms with Gasteiger partial charge in [-0.3, -0.25) is 5.01 Å². The lowest BCUT2D eigenvalue weighted by atomic mass is 10.1. The minimum atomic E-state index is 0.616. The number of hydrazone groups is 1. The van der Waals surface area contributed by atoms with Crippen LogP contribution in [-0.4, -0.2) is 48.5 Å². The molecule has 0 aliphatic rings. The van der Waals surface area contributed by atoms with E-state index in [9.17, 15) is 0 Å². The molecule has 0 aliphatic carbocycles. The van der Waals surface area contributed by atoms with E-state index < -0.39 is 0 Å². The number of anilines is 1. The Balaban J connectivity index is 2.76. The Morgan fingerprint density at radius 2 is 1.88 bits per heavy atom. The first-order valence-electron chi connectivity index (χ1n) is 8.94. The highest BCUT2D eigenvalue weighted by atomic mass is 15.5. The third kappa shape index (κ3) is 6.02. The number of hydrogen-bond acceptors (Lipinski definition) is 5. The van der Waals surface area contributed by atoms with Gasteiger partial charge in [-0.2, -0.15) is 5.10 Å². The minimum absolute atomic E-state index is 0.616. The summed E-state index contributed by atoms with van der Waals surface area (Å²) in [6.45, 7) is 13.2. The molecule has 0 bridgehead atoms. The summed E-state index contributed by atoms with van der Waals surface area (Å²) in [5.41, 5.74) is 3.26. The Kier molecular flexibility index (Phi) is 9.19. The second-order valence-corrected chi connectivity index (χ2v) is 5.98. The zero-order valence-corrected chi connectivity index (χ0v) is 15.7. The number of nitrogens with zero attached hydrogens (tertiary/aromatic N) is 3. The number of unbranched alkanes of at least 4 members (excludes halogenated alkanes) is 1.